The van der Waals surface area contributed by atoms with E-state index in [2.05, 4.69) is 0 Å². The summed E-state index contributed by atoms with van der Waals surface area (Å²) >= 11 is 12.0. The van der Waals surface area contributed by atoms with Gasteiger partial charge in [-0.3, -0.25) is 0 Å². The number of carboxylic acid groups (broad SMARTS) is 1. The molecule has 0 spiro atoms. The lowest BCUT2D eigenvalue weighted by atomic mass is 10.1. The van der Waals surface area contributed by atoms with Gasteiger partial charge in [-0.15, -0.1) is 0 Å². The minimum Gasteiger partial charge on any atom is -0.477 e. The van der Waals surface area contributed by atoms with E-state index in [1.165, 1.54) is 0 Å². The normalized spacial score (nSPS) is 11.0. The molecular weight excluding hydrogens is 321 g/mol. The summed E-state index contributed by atoms with van der Waals surface area (Å²) in [4.78, 5) is 11.5. The quantitative estimate of drug-likeness (QED) is 0.732. The van der Waals surface area contributed by atoms with Gasteiger partial charge in [-0.1, -0.05) is 41.4 Å². The molecule has 1 aromatic heterocycles. The fourth-order valence-electron chi connectivity index (χ4n) is 2.60. The number of benzene rings is 2. The minimum absolute atomic E-state index is 0.260. The van der Waals surface area contributed by atoms with Crippen molar-refractivity contribution in [1.29, 1.82) is 0 Å². The number of aromatic carboxylic acids is 1. The largest absolute Gasteiger partial charge is 0.477 e. The van der Waals surface area contributed by atoms with E-state index in [1.807, 2.05) is 31.2 Å². The molecule has 5 heteroatoms. The third kappa shape index (κ3) is 2.58. The summed E-state index contributed by atoms with van der Waals surface area (Å²) < 4.78 is 1.78. The third-order valence-electron chi connectivity index (χ3n) is 3.71. The molecule has 0 bridgehead atoms. The van der Waals surface area contributed by atoms with Crippen LogP contribution in [0.15, 0.2) is 42.5 Å². The number of halogens is 2. The second-order valence-electron chi connectivity index (χ2n) is 5.18. The maximum absolute atomic E-state index is 11.5. The maximum atomic E-state index is 11.5. The third-order valence-corrected chi connectivity index (χ3v) is 4.45. The molecule has 22 heavy (non-hydrogen) atoms. The molecule has 0 saturated carbocycles. The lowest BCUT2D eigenvalue weighted by Crippen LogP contribution is -2.09. The molecule has 0 aliphatic heterocycles. The van der Waals surface area contributed by atoms with E-state index in [-0.39, 0.29) is 5.69 Å². The van der Waals surface area contributed by atoms with Crippen molar-refractivity contribution in [3.63, 3.8) is 0 Å². The van der Waals surface area contributed by atoms with Crippen LogP contribution in [0.4, 0.5) is 0 Å². The first-order valence-electron chi connectivity index (χ1n) is 6.73. The summed E-state index contributed by atoms with van der Waals surface area (Å²) in [6.45, 7) is 2.39. The number of aryl methyl sites for hydroxylation is 1. The summed E-state index contributed by atoms with van der Waals surface area (Å²) in [7, 11) is 0. The molecule has 0 radical (unpaired) electrons. The van der Waals surface area contributed by atoms with E-state index < -0.39 is 5.97 Å². The number of carboxylic acids is 1. The summed E-state index contributed by atoms with van der Waals surface area (Å²) in [5.41, 5.74) is 3.10. The molecule has 0 unspecified atom stereocenters. The minimum atomic E-state index is -0.948. The molecule has 3 rings (SSSR count). The van der Waals surface area contributed by atoms with Crippen molar-refractivity contribution in [3.8, 4) is 0 Å². The zero-order valence-electron chi connectivity index (χ0n) is 11.8. The van der Waals surface area contributed by atoms with Crippen molar-refractivity contribution < 1.29 is 9.90 Å². The van der Waals surface area contributed by atoms with Gasteiger partial charge in [0.2, 0.25) is 0 Å². The van der Waals surface area contributed by atoms with Crippen LogP contribution >= 0.6 is 23.2 Å². The van der Waals surface area contributed by atoms with Crippen LogP contribution in [0, 0.1) is 6.92 Å². The van der Waals surface area contributed by atoms with Crippen molar-refractivity contribution in [2.24, 2.45) is 0 Å². The molecule has 0 amide bonds. The van der Waals surface area contributed by atoms with Gasteiger partial charge in [-0.25, -0.2) is 4.79 Å². The van der Waals surface area contributed by atoms with E-state index in [9.17, 15) is 9.90 Å². The van der Waals surface area contributed by atoms with Crippen LogP contribution in [0.1, 0.15) is 21.6 Å². The number of carbonyl (C=O) groups is 1. The first-order chi connectivity index (χ1) is 10.5. The molecule has 3 aromatic rings. The zero-order valence-corrected chi connectivity index (χ0v) is 13.3. The standard InChI is InChI=1S/C17H13Cl2NO2/c1-10-3-2-4-15-12(10)8-16(17(21)22)20(15)9-11-5-6-13(18)14(19)7-11/h2-8H,9H2,1H3,(H,21,22). The van der Waals surface area contributed by atoms with Crippen LogP contribution in [0.5, 0.6) is 0 Å². The molecular formula is C17H13Cl2NO2. The fourth-order valence-corrected chi connectivity index (χ4v) is 2.92. The lowest BCUT2D eigenvalue weighted by Gasteiger charge is -2.10. The van der Waals surface area contributed by atoms with E-state index in [4.69, 9.17) is 23.2 Å². The molecule has 2 aromatic carbocycles. The average molecular weight is 334 g/mol. The van der Waals surface area contributed by atoms with E-state index in [0.717, 1.165) is 22.0 Å². The SMILES string of the molecule is Cc1cccc2c1cc(C(=O)O)n2Cc1ccc(Cl)c(Cl)c1. The van der Waals surface area contributed by atoms with Crippen LogP contribution in [-0.2, 0) is 6.54 Å². The van der Waals surface area contributed by atoms with Crippen LogP contribution in [0.2, 0.25) is 10.0 Å². The van der Waals surface area contributed by atoms with Gasteiger partial charge >= 0.3 is 5.97 Å². The molecule has 0 atom stereocenters. The smallest absolute Gasteiger partial charge is 0.352 e. The van der Waals surface area contributed by atoms with Gasteiger partial charge in [0.1, 0.15) is 5.69 Å². The summed E-state index contributed by atoms with van der Waals surface area (Å²) in [5.74, 6) is -0.948. The Bertz CT molecular complexity index is 884. The Morgan fingerprint density at radius 3 is 2.59 bits per heavy atom. The fraction of sp³-hybridized carbons (Fsp3) is 0.118. The van der Waals surface area contributed by atoms with Crippen LogP contribution in [-0.4, -0.2) is 15.6 Å². The molecule has 0 aliphatic carbocycles. The van der Waals surface area contributed by atoms with E-state index in [0.29, 0.717) is 16.6 Å². The first kappa shape index (κ1) is 14.9. The molecule has 0 aliphatic rings. The second-order valence-corrected chi connectivity index (χ2v) is 5.99. The molecule has 1 heterocycles. The van der Waals surface area contributed by atoms with Gasteiger partial charge in [-0.05, 0) is 42.3 Å². The highest BCUT2D eigenvalue weighted by molar-refractivity contribution is 6.42. The lowest BCUT2D eigenvalue weighted by molar-refractivity contribution is 0.0686. The number of hydrogen-bond acceptors (Lipinski definition) is 1. The highest BCUT2D eigenvalue weighted by atomic mass is 35.5. The van der Waals surface area contributed by atoms with E-state index >= 15 is 0 Å². The van der Waals surface area contributed by atoms with Gasteiger partial charge in [0, 0.05) is 17.4 Å². The predicted octanol–water partition coefficient (Wildman–Crippen LogP) is 5.00. The molecule has 112 valence electrons. The van der Waals surface area contributed by atoms with Crippen molar-refractivity contribution >= 4 is 40.1 Å². The maximum Gasteiger partial charge on any atom is 0.352 e. The summed E-state index contributed by atoms with van der Waals surface area (Å²) in [6.07, 6.45) is 0. The Morgan fingerprint density at radius 2 is 1.91 bits per heavy atom. The molecule has 0 saturated heterocycles. The van der Waals surface area contributed by atoms with Crippen molar-refractivity contribution in [3.05, 3.63) is 69.3 Å². The Balaban J connectivity index is 2.16. The number of aromatic nitrogens is 1. The molecule has 1 N–H and O–H groups in total. The molecule has 0 fully saturated rings. The van der Waals surface area contributed by atoms with Crippen molar-refractivity contribution in [2.45, 2.75) is 13.5 Å². The Hall–Kier alpha value is -1.97. The van der Waals surface area contributed by atoms with Gasteiger partial charge in [0.15, 0.2) is 0 Å². The highest BCUT2D eigenvalue weighted by Crippen LogP contribution is 2.27. The topological polar surface area (TPSA) is 42.2 Å². The average Bonchev–Trinajstić information content (AvgIpc) is 2.84. The van der Waals surface area contributed by atoms with Crippen LogP contribution in [0.3, 0.4) is 0 Å². The predicted molar refractivity (Wildman–Crippen MR) is 89.2 cm³/mol. The number of nitrogens with zero attached hydrogens (tertiary/aromatic N) is 1. The number of fused-ring (bicyclic) bond motifs is 1. The zero-order chi connectivity index (χ0) is 15.9. The monoisotopic (exact) mass is 333 g/mol. The van der Waals surface area contributed by atoms with Crippen molar-refractivity contribution in [2.75, 3.05) is 0 Å². The number of rotatable bonds is 3. The summed E-state index contributed by atoms with van der Waals surface area (Å²) in [5, 5.41) is 11.4. The van der Waals surface area contributed by atoms with Gasteiger partial charge in [0.05, 0.1) is 10.0 Å². The number of hydrogen-bond donors (Lipinski definition) is 1. The van der Waals surface area contributed by atoms with Crippen LogP contribution in [0.25, 0.3) is 10.9 Å². The van der Waals surface area contributed by atoms with Crippen molar-refractivity contribution in [1.82, 2.24) is 4.57 Å². The van der Waals surface area contributed by atoms with Gasteiger partial charge in [0.25, 0.3) is 0 Å². The second kappa shape index (κ2) is 5.67. The molecule has 3 nitrogen and oxygen atoms in total. The Morgan fingerprint density at radius 1 is 1.14 bits per heavy atom. The highest BCUT2D eigenvalue weighted by Gasteiger charge is 2.16. The van der Waals surface area contributed by atoms with Crippen LogP contribution < -0.4 is 0 Å². The Labute approximate surface area is 137 Å². The van der Waals surface area contributed by atoms with Gasteiger partial charge in [-0.2, -0.15) is 0 Å². The summed E-state index contributed by atoms with van der Waals surface area (Å²) in [6, 6.07) is 12.9. The first-order valence-corrected chi connectivity index (χ1v) is 7.49. The van der Waals surface area contributed by atoms with E-state index in [1.54, 1.807) is 22.8 Å². The Kier molecular flexibility index (Phi) is 3.85. The van der Waals surface area contributed by atoms with Gasteiger partial charge < -0.3 is 9.67 Å².